The number of amides is 3. The molecular formula is C22H20BrCl2N3O5. The number of hydrogen-bond acceptors (Lipinski definition) is 5. The minimum atomic E-state index is -0.807. The monoisotopic (exact) mass is 555 g/mol. The third kappa shape index (κ3) is 6.46. The third-order valence-electron chi connectivity index (χ3n) is 4.94. The van der Waals surface area contributed by atoms with Crippen molar-refractivity contribution in [2.45, 2.75) is 19.8 Å². The van der Waals surface area contributed by atoms with Crippen LogP contribution >= 0.6 is 39.1 Å². The molecule has 1 fully saturated rings. The Balaban J connectivity index is 1.51. The van der Waals surface area contributed by atoms with Gasteiger partial charge in [-0.15, -0.1) is 0 Å². The quantitative estimate of drug-likeness (QED) is 0.502. The van der Waals surface area contributed by atoms with E-state index in [1.54, 1.807) is 12.1 Å². The lowest BCUT2D eigenvalue weighted by molar-refractivity contribution is -0.151. The second kappa shape index (κ2) is 11.0. The second-order valence-electron chi connectivity index (χ2n) is 7.29. The van der Waals surface area contributed by atoms with Crippen LogP contribution in [0, 0.1) is 5.92 Å². The molecule has 1 atom stereocenters. The number of rotatable bonds is 7. The number of nitrogens with one attached hydrogen (secondary N) is 2. The predicted molar refractivity (Wildman–Crippen MR) is 127 cm³/mol. The fourth-order valence-corrected chi connectivity index (χ4v) is 3.92. The standard InChI is InChI=1S/C22H20BrCl2N3O5/c1-2-12-7-15(23)4-6-18(12)26-19(29)11-33-22(32)14-9-20(30)28(10-14)27-21(31)13-3-5-16(24)17(25)8-13/h3-8,14H,2,9-11H2,1H3,(H,26,29)(H,27,31)/t14-/m1/s1. The van der Waals surface area contributed by atoms with Gasteiger partial charge in [0.15, 0.2) is 6.61 Å². The summed E-state index contributed by atoms with van der Waals surface area (Å²) >= 11 is 15.1. The van der Waals surface area contributed by atoms with Crippen LogP contribution in [0.25, 0.3) is 0 Å². The van der Waals surface area contributed by atoms with Crippen molar-refractivity contribution in [3.05, 3.63) is 62.0 Å². The van der Waals surface area contributed by atoms with E-state index in [2.05, 4.69) is 26.7 Å². The van der Waals surface area contributed by atoms with Gasteiger partial charge in [0, 0.05) is 22.1 Å². The Bertz CT molecular complexity index is 1110. The Morgan fingerprint density at radius 1 is 1.15 bits per heavy atom. The van der Waals surface area contributed by atoms with Gasteiger partial charge in [0.05, 0.1) is 22.5 Å². The molecule has 0 aliphatic carbocycles. The number of carbonyl (C=O) groups is 4. The van der Waals surface area contributed by atoms with Crippen LogP contribution in [0.1, 0.15) is 29.3 Å². The molecule has 2 aromatic carbocycles. The van der Waals surface area contributed by atoms with E-state index in [4.69, 9.17) is 27.9 Å². The van der Waals surface area contributed by atoms with Crippen LogP contribution in [0.15, 0.2) is 40.9 Å². The van der Waals surface area contributed by atoms with E-state index >= 15 is 0 Å². The number of nitrogens with zero attached hydrogens (tertiary/aromatic N) is 1. The van der Waals surface area contributed by atoms with Crippen molar-refractivity contribution in [2.24, 2.45) is 5.92 Å². The number of hydrazine groups is 1. The van der Waals surface area contributed by atoms with E-state index in [1.807, 2.05) is 13.0 Å². The molecule has 11 heteroatoms. The van der Waals surface area contributed by atoms with Crippen LogP contribution < -0.4 is 10.7 Å². The lowest BCUT2D eigenvalue weighted by atomic mass is 10.1. The number of anilines is 1. The number of esters is 1. The van der Waals surface area contributed by atoms with E-state index in [1.165, 1.54) is 18.2 Å². The van der Waals surface area contributed by atoms with Crippen molar-refractivity contribution < 1.29 is 23.9 Å². The Hall–Kier alpha value is -2.62. The average Bonchev–Trinajstić information content (AvgIpc) is 3.15. The summed E-state index contributed by atoms with van der Waals surface area (Å²) in [4.78, 5) is 49.2. The maximum Gasteiger partial charge on any atom is 0.311 e. The van der Waals surface area contributed by atoms with Gasteiger partial charge in [-0.2, -0.15) is 0 Å². The lowest BCUT2D eigenvalue weighted by Crippen LogP contribution is -2.43. The number of carbonyl (C=O) groups excluding carboxylic acids is 4. The van der Waals surface area contributed by atoms with E-state index in [0.717, 1.165) is 15.0 Å². The third-order valence-corrected chi connectivity index (χ3v) is 6.18. The molecule has 1 saturated heterocycles. The average molecular weight is 557 g/mol. The van der Waals surface area contributed by atoms with Gasteiger partial charge in [-0.25, -0.2) is 0 Å². The van der Waals surface area contributed by atoms with Gasteiger partial charge in [0.2, 0.25) is 5.91 Å². The van der Waals surface area contributed by atoms with Gasteiger partial charge in [-0.1, -0.05) is 46.1 Å². The molecule has 0 saturated carbocycles. The first-order chi connectivity index (χ1) is 15.7. The molecule has 1 aliphatic heterocycles. The zero-order valence-corrected chi connectivity index (χ0v) is 20.6. The van der Waals surface area contributed by atoms with Gasteiger partial charge >= 0.3 is 5.97 Å². The van der Waals surface area contributed by atoms with Crippen molar-refractivity contribution in [3.8, 4) is 0 Å². The van der Waals surface area contributed by atoms with Crippen LogP contribution in [0.5, 0.6) is 0 Å². The topological polar surface area (TPSA) is 105 Å². The minimum absolute atomic E-state index is 0.0704. The molecule has 0 radical (unpaired) electrons. The molecule has 2 N–H and O–H groups in total. The number of aryl methyl sites for hydroxylation is 1. The normalized spacial score (nSPS) is 15.3. The van der Waals surface area contributed by atoms with Crippen molar-refractivity contribution in [1.29, 1.82) is 0 Å². The van der Waals surface area contributed by atoms with E-state index in [0.29, 0.717) is 17.1 Å². The summed E-state index contributed by atoms with van der Waals surface area (Å²) in [5.41, 5.74) is 4.21. The Morgan fingerprint density at radius 3 is 2.61 bits per heavy atom. The Labute approximate surface area is 208 Å². The summed E-state index contributed by atoms with van der Waals surface area (Å²) in [6.45, 7) is 1.40. The molecule has 8 nitrogen and oxygen atoms in total. The summed E-state index contributed by atoms with van der Waals surface area (Å²) in [6, 6.07) is 9.75. The maximum atomic E-state index is 12.4. The number of ether oxygens (including phenoxy) is 1. The van der Waals surface area contributed by atoms with Crippen molar-refractivity contribution >= 4 is 68.5 Å². The summed E-state index contributed by atoms with van der Waals surface area (Å²) in [7, 11) is 0. The van der Waals surface area contributed by atoms with Crippen molar-refractivity contribution in [3.63, 3.8) is 0 Å². The molecular weight excluding hydrogens is 537 g/mol. The van der Waals surface area contributed by atoms with Crippen LogP contribution in [0.2, 0.25) is 10.0 Å². The molecule has 1 heterocycles. The fraction of sp³-hybridized carbons (Fsp3) is 0.273. The smallest absolute Gasteiger partial charge is 0.311 e. The first-order valence-corrected chi connectivity index (χ1v) is 11.5. The Morgan fingerprint density at radius 2 is 1.91 bits per heavy atom. The van der Waals surface area contributed by atoms with Crippen molar-refractivity contribution in [2.75, 3.05) is 18.5 Å². The molecule has 0 unspecified atom stereocenters. The highest BCUT2D eigenvalue weighted by molar-refractivity contribution is 9.10. The van der Waals surface area contributed by atoms with E-state index in [-0.39, 0.29) is 23.6 Å². The van der Waals surface area contributed by atoms with Gasteiger partial charge in [0.1, 0.15) is 0 Å². The zero-order valence-electron chi connectivity index (χ0n) is 17.5. The summed E-state index contributed by atoms with van der Waals surface area (Å²) in [5, 5.41) is 4.26. The molecule has 3 rings (SSSR count). The van der Waals surface area contributed by atoms with Crippen LogP contribution in [-0.2, 0) is 25.5 Å². The SMILES string of the molecule is CCc1cc(Br)ccc1NC(=O)COC(=O)[C@@H]1CC(=O)N(NC(=O)c2ccc(Cl)c(Cl)c2)C1. The first-order valence-electron chi connectivity index (χ1n) is 9.99. The van der Waals surface area contributed by atoms with Crippen LogP contribution in [-0.4, -0.2) is 41.9 Å². The molecule has 33 heavy (non-hydrogen) atoms. The van der Waals surface area contributed by atoms with Gasteiger partial charge in [-0.05, 0) is 48.4 Å². The number of halogens is 3. The zero-order chi connectivity index (χ0) is 24.1. The van der Waals surface area contributed by atoms with Crippen molar-refractivity contribution in [1.82, 2.24) is 10.4 Å². The molecule has 1 aliphatic rings. The highest BCUT2D eigenvalue weighted by Crippen LogP contribution is 2.24. The molecule has 174 valence electrons. The molecule has 0 spiro atoms. The molecule has 0 aromatic heterocycles. The van der Waals surface area contributed by atoms with Crippen LogP contribution in [0.3, 0.4) is 0 Å². The highest BCUT2D eigenvalue weighted by atomic mass is 79.9. The minimum Gasteiger partial charge on any atom is -0.455 e. The summed E-state index contributed by atoms with van der Waals surface area (Å²) in [6.07, 6.45) is 0.567. The maximum absolute atomic E-state index is 12.4. The fourth-order valence-electron chi connectivity index (χ4n) is 3.22. The van der Waals surface area contributed by atoms with E-state index in [9.17, 15) is 19.2 Å². The first kappa shape index (κ1) is 25.0. The van der Waals surface area contributed by atoms with Gasteiger partial charge < -0.3 is 10.1 Å². The van der Waals surface area contributed by atoms with Gasteiger partial charge in [0.25, 0.3) is 11.8 Å². The number of hydrogen-bond donors (Lipinski definition) is 2. The molecule has 0 bridgehead atoms. The Kier molecular flexibility index (Phi) is 8.34. The number of benzene rings is 2. The summed E-state index contributed by atoms with van der Waals surface area (Å²) < 4.78 is 5.98. The van der Waals surface area contributed by atoms with E-state index < -0.39 is 36.2 Å². The summed E-state index contributed by atoms with van der Waals surface area (Å²) in [5.74, 6) is -3.02. The van der Waals surface area contributed by atoms with Crippen LogP contribution in [0.4, 0.5) is 5.69 Å². The predicted octanol–water partition coefficient (Wildman–Crippen LogP) is 3.99. The molecule has 2 aromatic rings. The molecule has 3 amide bonds. The largest absolute Gasteiger partial charge is 0.455 e. The van der Waals surface area contributed by atoms with Gasteiger partial charge in [-0.3, -0.25) is 29.6 Å². The highest BCUT2D eigenvalue weighted by Gasteiger charge is 2.36. The lowest BCUT2D eigenvalue weighted by Gasteiger charge is -2.17. The second-order valence-corrected chi connectivity index (χ2v) is 9.02.